The second-order valence-corrected chi connectivity index (χ2v) is 6.95. The zero-order valence-corrected chi connectivity index (χ0v) is 11.7. The van der Waals surface area contributed by atoms with Gasteiger partial charge in [-0.1, -0.05) is 11.6 Å². The predicted molar refractivity (Wildman–Crippen MR) is 69.5 cm³/mol. The van der Waals surface area contributed by atoms with Crippen molar-refractivity contribution in [2.45, 2.75) is 6.92 Å². The Kier molecular flexibility index (Phi) is 3.30. The summed E-state index contributed by atoms with van der Waals surface area (Å²) in [6, 6.07) is 3.60. The van der Waals surface area contributed by atoms with Crippen molar-refractivity contribution < 1.29 is 4.79 Å². The Bertz CT molecular complexity index is 496. The molecule has 0 aromatic carbocycles. The third-order valence-electron chi connectivity index (χ3n) is 1.91. The van der Waals surface area contributed by atoms with E-state index in [-0.39, 0.29) is 5.78 Å². The normalized spacial score (nSPS) is 10.6. The molecular formula is C10H6BrClOS2. The van der Waals surface area contributed by atoms with Crippen molar-refractivity contribution in [3.05, 3.63) is 41.6 Å². The molecule has 0 atom stereocenters. The molecule has 0 amide bonds. The van der Waals surface area contributed by atoms with Gasteiger partial charge in [-0.15, -0.1) is 22.7 Å². The van der Waals surface area contributed by atoms with Crippen molar-refractivity contribution in [3.63, 3.8) is 0 Å². The van der Waals surface area contributed by atoms with Crippen LogP contribution in [0.1, 0.15) is 20.8 Å². The first-order chi connectivity index (χ1) is 7.08. The minimum atomic E-state index is 0.0388. The number of halogens is 2. The molecule has 2 rings (SSSR count). The number of aryl methyl sites for hydroxylation is 1. The van der Waals surface area contributed by atoms with Crippen molar-refractivity contribution in [1.29, 1.82) is 0 Å². The molecular weight excluding hydrogens is 316 g/mol. The molecule has 0 aliphatic carbocycles. The van der Waals surface area contributed by atoms with E-state index in [1.54, 1.807) is 11.4 Å². The minimum absolute atomic E-state index is 0.0388. The molecule has 0 radical (unpaired) electrons. The van der Waals surface area contributed by atoms with Gasteiger partial charge in [0.1, 0.15) is 0 Å². The average molecular weight is 322 g/mol. The maximum atomic E-state index is 12.0. The summed E-state index contributed by atoms with van der Waals surface area (Å²) in [6.07, 6.45) is 0. The van der Waals surface area contributed by atoms with E-state index >= 15 is 0 Å². The van der Waals surface area contributed by atoms with Crippen LogP contribution >= 0.6 is 50.2 Å². The molecule has 78 valence electrons. The van der Waals surface area contributed by atoms with Crippen molar-refractivity contribution in [1.82, 2.24) is 0 Å². The predicted octanol–water partition coefficient (Wildman–Crippen LogP) is 4.76. The van der Waals surface area contributed by atoms with Crippen LogP contribution in [-0.2, 0) is 0 Å². The molecule has 15 heavy (non-hydrogen) atoms. The average Bonchev–Trinajstić information content (AvgIpc) is 2.74. The highest BCUT2D eigenvalue weighted by molar-refractivity contribution is 9.11. The fourth-order valence-electron chi connectivity index (χ4n) is 1.14. The molecule has 1 nitrogen and oxygen atoms in total. The van der Waals surface area contributed by atoms with Crippen molar-refractivity contribution in [2.24, 2.45) is 0 Å². The van der Waals surface area contributed by atoms with Gasteiger partial charge >= 0.3 is 0 Å². The van der Waals surface area contributed by atoms with E-state index in [1.807, 2.05) is 13.0 Å². The number of carbonyl (C=O) groups is 1. The lowest BCUT2D eigenvalue weighted by Gasteiger charge is -1.90. The molecule has 2 heterocycles. The van der Waals surface area contributed by atoms with Gasteiger partial charge in [0.05, 0.1) is 13.0 Å². The molecule has 5 heteroatoms. The van der Waals surface area contributed by atoms with Gasteiger partial charge in [0, 0.05) is 10.9 Å². The monoisotopic (exact) mass is 320 g/mol. The van der Waals surface area contributed by atoms with Gasteiger partial charge in [-0.3, -0.25) is 4.79 Å². The summed E-state index contributed by atoms with van der Waals surface area (Å²) in [5.74, 6) is 0.0388. The lowest BCUT2D eigenvalue weighted by molar-refractivity contribution is 0.104. The summed E-state index contributed by atoms with van der Waals surface area (Å²) in [5, 5.41) is 1.79. The van der Waals surface area contributed by atoms with E-state index in [0.717, 1.165) is 14.2 Å². The fraction of sp³-hybridized carbons (Fsp3) is 0.100. The van der Waals surface area contributed by atoms with Gasteiger partial charge in [0.15, 0.2) is 0 Å². The summed E-state index contributed by atoms with van der Waals surface area (Å²) in [5.41, 5.74) is 1.75. The zero-order valence-electron chi connectivity index (χ0n) is 7.71. The number of ketones is 1. The van der Waals surface area contributed by atoms with Gasteiger partial charge in [-0.2, -0.15) is 0 Å². The van der Waals surface area contributed by atoms with Crippen LogP contribution in [-0.4, -0.2) is 5.78 Å². The molecule has 0 aliphatic rings. The molecule has 0 aliphatic heterocycles. The van der Waals surface area contributed by atoms with Gasteiger partial charge in [0.25, 0.3) is 0 Å². The van der Waals surface area contributed by atoms with Crippen LogP contribution in [0.25, 0.3) is 0 Å². The summed E-state index contributed by atoms with van der Waals surface area (Å²) in [7, 11) is 0. The number of thiophene rings is 2. The van der Waals surface area contributed by atoms with Crippen molar-refractivity contribution >= 4 is 56.0 Å². The Labute approximate surface area is 109 Å². The van der Waals surface area contributed by atoms with Crippen LogP contribution in [0, 0.1) is 6.92 Å². The number of rotatable bonds is 2. The highest BCUT2D eigenvalue weighted by Gasteiger charge is 2.14. The van der Waals surface area contributed by atoms with E-state index in [1.165, 1.54) is 22.7 Å². The van der Waals surface area contributed by atoms with Crippen LogP contribution < -0.4 is 0 Å². The van der Waals surface area contributed by atoms with Crippen LogP contribution in [0.3, 0.4) is 0 Å². The topological polar surface area (TPSA) is 17.1 Å². The first kappa shape index (κ1) is 11.3. The molecule has 0 fully saturated rings. The summed E-state index contributed by atoms with van der Waals surface area (Å²) >= 11 is 12.0. The second kappa shape index (κ2) is 4.37. The molecule has 2 aromatic rings. The largest absolute Gasteiger partial charge is 0.288 e. The highest BCUT2D eigenvalue weighted by atomic mass is 79.9. The summed E-state index contributed by atoms with van der Waals surface area (Å²) in [4.78, 5) is 12.7. The zero-order chi connectivity index (χ0) is 11.0. The lowest BCUT2D eigenvalue weighted by Crippen LogP contribution is -1.95. The van der Waals surface area contributed by atoms with Crippen LogP contribution in [0.15, 0.2) is 21.3 Å². The number of hydrogen-bond donors (Lipinski definition) is 0. The molecule has 0 spiro atoms. The minimum Gasteiger partial charge on any atom is -0.288 e. The van der Waals surface area contributed by atoms with Gasteiger partial charge < -0.3 is 0 Å². The smallest absolute Gasteiger partial charge is 0.203 e. The SMILES string of the molecule is Cc1cc(C(=O)c2csc(Cl)c2)sc1Br. The molecule has 0 bridgehead atoms. The maximum absolute atomic E-state index is 12.0. The third kappa shape index (κ3) is 2.33. The van der Waals surface area contributed by atoms with E-state index in [2.05, 4.69) is 15.9 Å². The Hall–Kier alpha value is -0.160. The van der Waals surface area contributed by atoms with E-state index < -0.39 is 0 Å². The van der Waals surface area contributed by atoms with Gasteiger partial charge in [0.2, 0.25) is 5.78 Å². The Morgan fingerprint density at radius 2 is 2.20 bits per heavy atom. The second-order valence-electron chi connectivity index (χ2n) is 3.04. The van der Waals surface area contributed by atoms with Gasteiger partial charge in [-0.05, 0) is 40.5 Å². The lowest BCUT2D eigenvalue weighted by atomic mass is 10.2. The molecule has 0 unspecified atom stereocenters. The standard InChI is InChI=1S/C10H6BrClOS2/c1-5-2-7(15-10(5)11)9(13)6-3-8(12)14-4-6/h2-4H,1H3. The Morgan fingerprint density at radius 1 is 1.47 bits per heavy atom. The van der Waals surface area contributed by atoms with Crippen molar-refractivity contribution in [3.8, 4) is 0 Å². The molecule has 0 N–H and O–H groups in total. The highest BCUT2D eigenvalue weighted by Crippen LogP contribution is 2.30. The first-order valence-electron chi connectivity index (χ1n) is 4.12. The van der Waals surface area contributed by atoms with Crippen LogP contribution in [0.5, 0.6) is 0 Å². The molecule has 2 aromatic heterocycles. The Balaban J connectivity index is 2.36. The fourth-order valence-corrected chi connectivity index (χ4v) is 3.50. The van der Waals surface area contributed by atoms with Crippen LogP contribution in [0.4, 0.5) is 0 Å². The van der Waals surface area contributed by atoms with E-state index in [9.17, 15) is 4.79 Å². The van der Waals surface area contributed by atoms with E-state index in [4.69, 9.17) is 11.6 Å². The third-order valence-corrected chi connectivity index (χ3v) is 5.14. The number of hydrogen-bond acceptors (Lipinski definition) is 3. The van der Waals surface area contributed by atoms with Crippen molar-refractivity contribution in [2.75, 3.05) is 0 Å². The van der Waals surface area contributed by atoms with E-state index in [0.29, 0.717) is 9.90 Å². The summed E-state index contributed by atoms with van der Waals surface area (Å²) < 4.78 is 1.65. The molecule has 0 saturated heterocycles. The summed E-state index contributed by atoms with van der Waals surface area (Å²) in [6.45, 7) is 1.97. The first-order valence-corrected chi connectivity index (χ1v) is 6.99. The van der Waals surface area contributed by atoms with Crippen LogP contribution in [0.2, 0.25) is 4.34 Å². The maximum Gasteiger partial charge on any atom is 0.203 e. The van der Waals surface area contributed by atoms with Gasteiger partial charge in [-0.25, -0.2) is 0 Å². The molecule has 0 saturated carbocycles. The number of carbonyl (C=O) groups excluding carboxylic acids is 1. The quantitative estimate of drug-likeness (QED) is 0.729. The Morgan fingerprint density at radius 3 is 2.67 bits per heavy atom.